The number of imide groups is 1. The molecule has 1 aliphatic rings. The van der Waals surface area contributed by atoms with Gasteiger partial charge in [-0.3, -0.25) is 14.5 Å². The summed E-state index contributed by atoms with van der Waals surface area (Å²) < 4.78 is 13.2. The molecule has 1 heterocycles. The average Bonchev–Trinajstić information content (AvgIpc) is 2.90. The molecule has 3 rings (SSSR count). The van der Waals surface area contributed by atoms with Crippen molar-refractivity contribution in [2.45, 2.75) is 20.4 Å². The Bertz CT molecular complexity index is 951. The number of amides is 2. The zero-order valence-corrected chi connectivity index (χ0v) is 16.2. The van der Waals surface area contributed by atoms with Gasteiger partial charge in [-0.05, 0) is 48.2 Å². The van der Waals surface area contributed by atoms with Gasteiger partial charge >= 0.3 is 0 Å². The fourth-order valence-corrected chi connectivity index (χ4v) is 3.25. The molecule has 0 radical (unpaired) electrons. The summed E-state index contributed by atoms with van der Waals surface area (Å²) in [7, 11) is 1.68. The zero-order chi connectivity index (χ0) is 20.4. The Balaban J connectivity index is 2.03. The third-order valence-corrected chi connectivity index (χ3v) is 5.01. The molecule has 0 fully saturated rings. The molecule has 28 heavy (non-hydrogen) atoms. The highest BCUT2D eigenvalue weighted by molar-refractivity contribution is 6.35. The molecule has 0 saturated carbocycles. The second kappa shape index (κ2) is 7.94. The first-order valence-corrected chi connectivity index (χ1v) is 9.08. The molecule has 2 aromatic carbocycles. The van der Waals surface area contributed by atoms with E-state index in [0.717, 1.165) is 11.1 Å². The second-order valence-electron chi connectivity index (χ2n) is 6.99. The van der Waals surface area contributed by atoms with E-state index < -0.39 is 11.8 Å². The van der Waals surface area contributed by atoms with Crippen molar-refractivity contribution in [3.8, 4) is 0 Å². The summed E-state index contributed by atoms with van der Waals surface area (Å²) in [4.78, 5) is 29.1. The Kier molecular flexibility index (Phi) is 5.61. The van der Waals surface area contributed by atoms with E-state index in [2.05, 4.69) is 0 Å². The van der Waals surface area contributed by atoms with Gasteiger partial charge in [0.2, 0.25) is 0 Å². The molecule has 2 amide bonds. The highest BCUT2D eigenvalue weighted by atomic mass is 19.1. The first kappa shape index (κ1) is 19.8. The summed E-state index contributed by atoms with van der Waals surface area (Å²) in [5, 5.41) is 9.30. The fraction of sp³-hybridized carbons (Fsp3) is 0.273. The maximum absolute atomic E-state index is 13.2. The van der Waals surface area contributed by atoms with Gasteiger partial charge in [-0.1, -0.05) is 30.3 Å². The van der Waals surface area contributed by atoms with Gasteiger partial charge in [0.05, 0.1) is 18.7 Å². The Labute approximate surface area is 163 Å². The summed E-state index contributed by atoms with van der Waals surface area (Å²) >= 11 is 0. The molecular weight excluding hydrogens is 359 g/mol. The number of benzene rings is 2. The van der Waals surface area contributed by atoms with Crippen LogP contribution in [0.25, 0.3) is 5.57 Å². The molecule has 0 atom stereocenters. The number of likely N-dealkylation sites (N-methyl/N-ethyl adjacent to an activating group) is 1. The van der Waals surface area contributed by atoms with Crippen LogP contribution < -0.4 is 0 Å². The maximum Gasteiger partial charge on any atom is 0.278 e. The standard InChI is InChI=1S/C22H23FN2O3/c1-14-4-7-17(12-15(14)2)19-20(24(3)10-11-26)22(28)25(21(19)27)13-16-5-8-18(23)9-6-16/h4-9,12,26H,10-11,13H2,1-3H3. The van der Waals surface area contributed by atoms with Gasteiger partial charge in [0.25, 0.3) is 11.8 Å². The molecule has 0 aliphatic carbocycles. The highest BCUT2D eigenvalue weighted by Crippen LogP contribution is 2.32. The number of carbonyl (C=O) groups is 2. The van der Waals surface area contributed by atoms with Crippen LogP contribution >= 0.6 is 0 Å². The van der Waals surface area contributed by atoms with E-state index in [9.17, 15) is 19.1 Å². The first-order valence-electron chi connectivity index (χ1n) is 9.08. The lowest BCUT2D eigenvalue weighted by Gasteiger charge is -2.20. The number of nitrogens with zero attached hydrogens (tertiary/aromatic N) is 2. The van der Waals surface area contributed by atoms with E-state index in [0.29, 0.717) is 16.7 Å². The van der Waals surface area contributed by atoms with Crippen LogP contribution in [0.5, 0.6) is 0 Å². The SMILES string of the molecule is Cc1ccc(C2=C(N(C)CCO)C(=O)N(Cc3ccc(F)cc3)C2=O)cc1C. The summed E-state index contributed by atoms with van der Waals surface area (Å²) in [6, 6.07) is 11.4. The number of halogens is 1. The van der Waals surface area contributed by atoms with Crippen LogP contribution in [0.15, 0.2) is 48.2 Å². The van der Waals surface area contributed by atoms with E-state index >= 15 is 0 Å². The van der Waals surface area contributed by atoms with E-state index in [-0.39, 0.29) is 31.2 Å². The van der Waals surface area contributed by atoms with Crippen LogP contribution in [0, 0.1) is 19.7 Å². The van der Waals surface area contributed by atoms with Crippen LogP contribution in [0.3, 0.4) is 0 Å². The van der Waals surface area contributed by atoms with Crippen molar-refractivity contribution < 1.29 is 19.1 Å². The fourth-order valence-electron chi connectivity index (χ4n) is 3.25. The number of hydrogen-bond donors (Lipinski definition) is 1. The predicted molar refractivity (Wildman–Crippen MR) is 105 cm³/mol. The normalized spacial score (nSPS) is 14.2. The van der Waals surface area contributed by atoms with Gasteiger partial charge in [0, 0.05) is 13.6 Å². The van der Waals surface area contributed by atoms with Crippen LogP contribution in [-0.4, -0.2) is 46.9 Å². The van der Waals surface area contributed by atoms with Crippen molar-refractivity contribution in [3.63, 3.8) is 0 Å². The Morgan fingerprint density at radius 1 is 1.00 bits per heavy atom. The molecular formula is C22H23FN2O3. The van der Waals surface area contributed by atoms with Crippen molar-refractivity contribution >= 4 is 17.4 Å². The molecule has 0 bridgehead atoms. The van der Waals surface area contributed by atoms with Crippen molar-refractivity contribution in [1.82, 2.24) is 9.80 Å². The molecule has 0 unspecified atom stereocenters. The van der Waals surface area contributed by atoms with Gasteiger partial charge in [0.15, 0.2) is 0 Å². The largest absolute Gasteiger partial charge is 0.395 e. The molecule has 5 nitrogen and oxygen atoms in total. The van der Waals surface area contributed by atoms with Crippen molar-refractivity contribution in [3.05, 3.63) is 76.2 Å². The highest BCUT2D eigenvalue weighted by Gasteiger charge is 2.40. The molecule has 2 aromatic rings. The Morgan fingerprint density at radius 3 is 2.29 bits per heavy atom. The Morgan fingerprint density at radius 2 is 1.68 bits per heavy atom. The number of aliphatic hydroxyl groups excluding tert-OH is 1. The lowest BCUT2D eigenvalue weighted by molar-refractivity contribution is -0.138. The van der Waals surface area contributed by atoms with E-state index in [4.69, 9.17) is 0 Å². The van der Waals surface area contributed by atoms with Crippen molar-refractivity contribution in [1.29, 1.82) is 0 Å². The smallest absolute Gasteiger partial charge is 0.278 e. The van der Waals surface area contributed by atoms with Crippen molar-refractivity contribution in [2.24, 2.45) is 0 Å². The molecule has 6 heteroatoms. The lowest BCUT2D eigenvalue weighted by atomic mass is 9.99. The summed E-state index contributed by atoms with van der Waals surface area (Å²) in [5.41, 5.74) is 4.04. The first-order chi connectivity index (χ1) is 13.3. The van der Waals surface area contributed by atoms with E-state index in [1.165, 1.54) is 17.0 Å². The number of aliphatic hydroxyl groups is 1. The van der Waals surface area contributed by atoms with Gasteiger partial charge in [-0.15, -0.1) is 0 Å². The molecule has 0 spiro atoms. The number of rotatable bonds is 6. The van der Waals surface area contributed by atoms with Gasteiger partial charge in [-0.25, -0.2) is 4.39 Å². The Hall–Kier alpha value is -2.99. The summed E-state index contributed by atoms with van der Waals surface area (Å²) in [6.45, 7) is 4.08. The van der Waals surface area contributed by atoms with E-state index in [1.54, 1.807) is 24.1 Å². The van der Waals surface area contributed by atoms with Gasteiger partial charge in [0.1, 0.15) is 11.5 Å². The minimum atomic E-state index is -0.418. The molecule has 1 N–H and O–H groups in total. The lowest BCUT2D eigenvalue weighted by Crippen LogP contribution is -2.34. The number of hydrogen-bond acceptors (Lipinski definition) is 4. The van der Waals surface area contributed by atoms with Gasteiger partial charge < -0.3 is 10.0 Å². The zero-order valence-electron chi connectivity index (χ0n) is 16.2. The van der Waals surface area contributed by atoms with E-state index in [1.807, 2.05) is 32.0 Å². The number of carbonyl (C=O) groups excluding carboxylic acids is 2. The number of aryl methyl sites for hydroxylation is 2. The molecule has 0 saturated heterocycles. The minimum Gasteiger partial charge on any atom is -0.395 e. The van der Waals surface area contributed by atoms with Crippen LogP contribution in [0.4, 0.5) is 4.39 Å². The topological polar surface area (TPSA) is 60.9 Å². The summed E-state index contributed by atoms with van der Waals surface area (Å²) in [6.07, 6.45) is 0. The van der Waals surface area contributed by atoms with Gasteiger partial charge in [-0.2, -0.15) is 0 Å². The van der Waals surface area contributed by atoms with Crippen LogP contribution in [-0.2, 0) is 16.1 Å². The molecule has 1 aliphatic heterocycles. The minimum absolute atomic E-state index is 0.0583. The monoisotopic (exact) mass is 382 g/mol. The third kappa shape index (κ3) is 3.68. The van der Waals surface area contributed by atoms with Crippen LogP contribution in [0.1, 0.15) is 22.3 Å². The average molecular weight is 382 g/mol. The maximum atomic E-state index is 13.2. The molecule has 0 aromatic heterocycles. The van der Waals surface area contributed by atoms with Crippen molar-refractivity contribution in [2.75, 3.05) is 20.2 Å². The quantitative estimate of drug-likeness (QED) is 0.781. The molecule has 146 valence electrons. The van der Waals surface area contributed by atoms with Crippen LogP contribution in [0.2, 0.25) is 0 Å². The second-order valence-corrected chi connectivity index (χ2v) is 6.99. The predicted octanol–water partition coefficient (Wildman–Crippen LogP) is 2.65. The third-order valence-electron chi connectivity index (χ3n) is 5.01. The summed E-state index contributed by atoms with van der Waals surface area (Å²) in [5.74, 6) is -1.18.